The van der Waals surface area contributed by atoms with Gasteiger partial charge in [-0.3, -0.25) is 0 Å². The summed E-state index contributed by atoms with van der Waals surface area (Å²) in [5, 5.41) is 4.98. The predicted octanol–water partition coefficient (Wildman–Crippen LogP) is 4.33. The van der Waals surface area contributed by atoms with Crippen LogP contribution in [0.15, 0.2) is 60.7 Å². The third kappa shape index (κ3) is 11.6. The highest BCUT2D eigenvalue weighted by Gasteiger charge is 2.32. The summed E-state index contributed by atoms with van der Waals surface area (Å²) in [7, 11) is 0. The fourth-order valence-corrected chi connectivity index (χ4v) is 3.23. The summed E-state index contributed by atoms with van der Waals surface area (Å²) in [6, 6.07) is 15.5. The van der Waals surface area contributed by atoms with Gasteiger partial charge in [0.25, 0.3) is 0 Å². The number of alkyl carbamates (subject to hydrolysis) is 2. The van der Waals surface area contributed by atoms with Gasteiger partial charge in [-0.05, 0) is 52.7 Å². The number of ether oxygens (including phenoxy) is 3. The molecule has 2 aromatic rings. The van der Waals surface area contributed by atoms with Gasteiger partial charge < -0.3 is 24.8 Å². The molecule has 0 fully saturated rings. The highest BCUT2D eigenvalue weighted by Crippen LogP contribution is 2.12. The van der Waals surface area contributed by atoms with Gasteiger partial charge in [-0.1, -0.05) is 60.7 Å². The van der Waals surface area contributed by atoms with Gasteiger partial charge in [-0.15, -0.1) is 0 Å². The molecule has 2 rings (SSSR count). The van der Waals surface area contributed by atoms with Gasteiger partial charge in [0.15, 0.2) is 0 Å². The van der Waals surface area contributed by atoms with E-state index in [0.29, 0.717) is 0 Å². The van der Waals surface area contributed by atoms with E-state index in [0.717, 1.165) is 11.1 Å². The van der Waals surface area contributed by atoms with Crippen LogP contribution in [0.3, 0.4) is 0 Å². The maximum atomic E-state index is 13.1. The minimum Gasteiger partial charge on any atom is -0.444 e. The van der Waals surface area contributed by atoms with Gasteiger partial charge in [0.1, 0.15) is 23.3 Å². The van der Waals surface area contributed by atoms with E-state index < -0.39 is 47.4 Å². The highest BCUT2D eigenvalue weighted by molar-refractivity contribution is 5.93. The van der Waals surface area contributed by atoms with E-state index in [-0.39, 0.29) is 12.8 Å². The first-order valence-corrected chi connectivity index (χ1v) is 12.0. The van der Waals surface area contributed by atoms with Crippen molar-refractivity contribution in [2.75, 3.05) is 0 Å². The fourth-order valence-electron chi connectivity index (χ4n) is 3.23. The lowest BCUT2D eigenvalue weighted by Crippen LogP contribution is -2.49. The van der Waals surface area contributed by atoms with Crippen LogP contribution in [0.4, 0.5) is 9.59 Å². The summed E-state index contributed by atoms with van der Waals surface area (Å²) in [6.45, 7) is 10.1. The van der Waals surface area contributed by atoms with Gasteiger partial charge in [0, 0.05) is 12.8 Å². The largest absolute Gasteiger partial charge is 0.444 e. The molecule has 0 aliphatic rings. The first kappa shape index (κ1) is 29.4. The monoisotopic (exact) mass is 512 g/mol. The van der Waals surface area contributed by atoms with Gasteiger partial charge in [-0.25, -0.2) is 19.2 Å². The Balaban J connectivity index is 2.20. The number of carbonyl (C=O) groups excluding carboxylic acids is 4. The molecule has 0 saturated heterocycles. The van der Waals surface area contributed by atoms with Crippen molar-refractivity contribution in [1.82, 2.24) is 10.6 Å². The van der Waals surface area contributed by atoms with Crippen LogP contribution in [0.1, 0.15) is 52.7 Å². The molecule has 0 radical (unpaired) electrons. The van der Waals surface area contributed by atoms with Gasteiger partial charge in [0.2, 0.25) is 0 Å². The number of rotatable bonds is 8. The molecule has 0 saturated carbocycles. The normalized spacial score (nSPS) is 13.0. The second-order valence-corrected chi connectivity index (χ2v) is 10.5. The zero-order chi connectivity index (χ0) is 27.6. The smallest absolute Gasteiger partial charge is 0.408 e. The van der Waals surface area contributed by atoms with E-state index in [1.807, 2.05) is 12.1 Å². The SMILES string of the molecule is CC(C)(C)OC(=O)N[C@H](Cc1ccccc1)C(=O)OC(=O)[C@@H](Cc1ccccc1)NC(=O)OC(C)(C)C. The number of hydrogen-bond donors (Lipinski definition) is 2. The summed E-state index contributed by atoms with van der Waals surface area (Å²) in [6.07, 6.45) is -1.53. The predicted molar refractivity (Wildman–Crippen MR) is 138 cm³/mol. The molecule has 9 heteroatoms. The minimum atomic E-state index is -1.21. The van der Waals surface area contributed by atoms with Crippen molar-refractivity contribution in [2.45, 2.75) is 77.7 Å². The van der Waals surface area contributed by atoms with Gasteiger partial charge in [0.05, 0.1) is 0 Å². The van der Waals surface area contributed by atoms with Crippen molar-refractivity contribution in [1.29, 1.82) is 0 Å². The minimum absolute atomic E-state index is 0.0645. The number of benzene rings is 2. The Morgan fingerprint density at radius 3 is 1.24 bits per heavy atom. The van der Waals surface area contributed by atoms with E-state index in [1.54, 1.807) is 90.1 Å². The number of carbonyl (C=O) groups is 4. The molecule has 0 aliphatic heterocycles. The zero-order valence-electron chi connectivity index (χ0n) is 22.2. The second-order valence-electron chi connectivity index (χ2n) is 10.5. The molecule has 0 spiro atoms. The molecule has 2 aromatic carbocycles. The van der Waals surface area contributed by atoms with Crippen molar-refractivity contribution >= 4 is 24.1 Å². The molecule has 37 heavy (non-hydrogen) atoms. The first-order chi connectivity index (χ1) is 17.2. The quantitative estimate of drug-likeness (QED) is 0.307. The summed E-state index contributed by atoms with van der Waals surface area (Å²) in [4.78, 5) is 51.0. The molecular weight excluding hydrogens is 476 g/mol. The average Bonchev–Trinajstić information content (AvgIpc) is 2.77. The summed E-state index contributed by atoms with van der Waals surface area (Å²) in [5.74, 6) is -1.97. The van der Waals surface area contributed by atoms with Gasteiger partial charge in [-0.2, -0.15) is 0 Å². The van der Waals surface area contributed by atoms with Crippen molar-refractivity contribution in [2.24, 2.45) is 0 Å². The Bertz CT molecular complexity index is 972. The number of hydrogen-bond acceptors (Lipinski definition) is 7. The molecule has 0 bridgehead atoms. The van der Waals surface area contributed by atoms with Crippen molar-refractivity contribution in [3.05, 3.63) is 71.8 Å². The molecule has 200 valence electrons. The Morgan fingerprint density at radius 2 is 0.946 bits per heavy atom. The van der Waals surface area contributed by atoms with Crippen LogP contribution < -0.4 is 10.6 Å². The van der Waals surface area contributed by atoms with Crippen LogP contribution in [0.25, 0.3) is 0 Å². The average molecular weight is 513 g/mol. The Labute approximate surface area is 217 Å². The molecular formula is C28H36N2O7. The molecule has 0 aromatic heterocycles. The molecule has 0 aliphatic carbocycles. The first-order valence-electron chi connectivity index (χ1n) is 12.0. The number of esters is 2. The van der Waals surface area contributed by atoms with E-state index >= 15 is 0 Å². The van der Waals surface area contributed by atoms with E-state index in [2.05, 4.69) is 10.6 Å². The van der Waals surface area contributed by atoms with Crippen LogP contribution in [-0.4, -0.2) is 47.4 Å². The molecule has 0 unspecified atom stereocenters. The standard InChI is InChI=1S/C28H36N2O7/c1-27(2,3)36-25(33)29-21(17-19-13-9-7-10-14-19)23(31)35-24(32)22(18-20-15-11-8-12-16-20)30-26(34)37-28(4,5)6/h7-16,21-22H,17-18H2,1-6H3,(H,29,33)(H,30,34)/t21-,22-/m1/s1. The molecule has 9 nitrogen and oxygen atoms in total. The van der Waals surface area contributed by atoms with Crippen LogP contribution in [0.5, 0.6) is 0 Å². The maximum Gasteiger partial charge on any atom is 0.408 e. The summed E-state index contributed by atoms with van der Waals surface area (Å²) >= 11 is 0. The molecule has 0 heterocycles. The van der Waals surface area contributed by atoms with Crippen LogP contribution in [-0.2, 0) is 36.6 Å². The second kappa shape index (κ2) is 12.9. The Kier molecular flexibility index (Phi) is 10.2. The van der Waals surface area contributed by atoms with Crippen molar-refractivity contribution < 1.29 is 33.4 Å². The van der Waals surface area contributed by atoms with Crippen molar-refractivity contribution in [3.63, 3.8) is 0 Å². The topological polar surface area (TPSA) is 120 Å². The Hall–Kier alpha value is -3.88. The maximum absolute atomic E-state index is 13.1. The molecule has 2 amide bonds. The summed E-state index contributed by atoms with van der Waals surface area (Å²) in [5.41, 5.74) is -0.111. The lowest BCUT2D eigenvalue weighted by Gasteiger charge is -2.24. The van der Waals surface area contributed by atoms with Crippen LogP contribution >= 0.6 is 0 Å². The number of amides is 2. The van der Waals surface area contributed by atoms with E-state index in [9.17, 15) is 19.2 Å². The third-order valence-corrected chi connectivity index (χ3v) is 4.72. The van der Waals surface area contributed by atoms with E-state index in [4.69, 9.17) is 14.2 Å². The zero-order valence-corrected chi connectivity index (χ0v) is 22.2. The van der Waals surface area contributed by atoms with Gasteiger partial charge >= 0.3 is 24.1 Å². The lowest BCUT2D eigenvalue weighted by molar-refractivity contribution is -0.162. The molecule has 2 atom stereocenters. The van der Waals surface area contributed by atoms with E-state index in [1.165, 1.54) is 0 Å². The fraction of sp³-hybridized carbons (Fsp3) is 0.429. The highest BCUT2D eigenvalue weighted by atomic mass is 16.6. The third-order valence-electron chi connectivity index (χ3n) is 4.72. The lowest BCUT2D eigenvalue weighted by atomic mass is 10.1. The van der Waals surface area contributed by atoms with Crippen molar-refractivity contribution in [3.8, 4) is 0 Å². The molecule has 2 N–H and O–H groups in total. The summed E-state index contributed by atoms with van der Waals surface area (Å²) < 4.78 is 15.7. The van der Waals surface area contributed by atoms with Crippen LogP contribution in [0, 0.1) is 0 Å². The van der Waals surface area contributed by atoms with Crippen LogP contribution in [0.2, 0.25) is 0 Å². The Morgan fingerprint density at radius 1 is 0.622 bits per heavy atom. The number of nitrogens with one attached hydrogen (secondary N) is 2.